The first-order valence-electron chi connectivity index (χ1n) is 6.83. The molecule has 2 rings (SSSR count). The highest BCUT2D eigenvalue weighted by molar-refractivity contribution is 7.88. The van der Waals surface area contributed by atoms with E-state index in [4.69, 9.17) is 0 Å². The molecule has 0 saturated heterocycles. The van der Waals surface area contributed by atoms with Crippen LogP contribution in [0.3, 0.4) is 0 Å². The lowest BCUT2D eigenvalue weighted by molar-refractivity contribution is -0.118. The largest absolute Gasteiger partial charge is 0.349 e. The van der Waals surface area contributed by atoms with Crippen LogP contribution in [-0.2, 0) is 14.8 Å². The zero-order valence-corrected chi connectivity index (χ0v) is 12.4. The summed E-state index contributed by atoms with van der Waals surface area (Å²) in [5, 5.41) is 3.05. The van der Waals surface area contributed by atoms with Crippen LogP contribution in [0.25, 0.3) is 0 Å². The summed E-state index contributed by atoms with van der Waals surface area (Å²) in [5.41, 5.74) is 0.572. The molecule has 19 heavy (non-hydrogen) atoms. The molecule has 1 aliphatic carbocycles. The molecule has 1 N–H and O–H groups in total. The summed E-state index contributed by atoms with van der Waals surface area (Å²) in [7, 11) is -3.21. The third kappa shape index (κ3) is 3.57. The molecule has 0 aromatic rings. The summed E-state index contributed by atoms with van der Waals surface area (Å²) in [6.45, 7) is 2.67. The van der Waals surface area contributed by atoms with E-state index >= 15 is 0 Å². The van der Waals surface area contributed by atoms with Crippen LogP contribution in [0.15, 0.2) is 11.6 Å². The Morgan fingerprint density at radius 1 is 1.37 bits per heavy atom. The SMILES string of the molecule is C[C@H]1CCCC[C@@H]1NC(=O)C1=CCN(S(C)(=O)=O)C1. The van der Waals surface area contributed by atoms with Gasteiger partial charge >= 0.3 is 0 Å². The van der Waals surface area contributed by atoms with Crippen LogP contribution in [0, 0.1) is 5.92 Å². The maximum absolute atomic E-state index is 12.1. The van der Waals surface area contributed by atoms with Crippen molar-refractivity contribution in [1.82, 2.24) is 9.62 Å². The second-order valence-electron chi connectivity index (χ2n) is 5.63. The molecular weight excluding hydrogens is 264 g/mol. The molecule has 2 atom stereocenters. The van der Waals surface area contributed by atoms with Crippen molar-refractivity contribution in [2.75, 3.05) is 19.3 Å². The maximum Gasteiger partial charge on any atom is 0.248 e. The fourth-order valence-corrected chi connectivity index (χ4v) is 3.46. The Morgan fingerprint density at radius 2 is 2.05 bits per heavy atom. The Kier molecular flexibility index (Phi) is 4.30. The number of carbonyl (C=O) groups excluding carboxylic acids is 1. The number of rotatable bonds is 3. The molecule has 0 aromatic carbocycles. The van der Waals surface area contributed by atoms with Crippen molar-refractivity contribution in [2.24, 2.45) is 5.92 Å². The Labute approximate surface area is 115 Å². The van der Waals surface area contributed by atoms with Gasteiger partial charge in [-0.1, -0.05) is 25.8 Å². The van der Waals surface area contributed by atoms with Gasteiger partial charge in [-0.15, -0.1) is 0 Å². The third-order valence-corrected chi connectivity index (χ3v) is 5.29. The van der Waals surface area contributed by atoms with Crippen molar-refractivity contribution >= 4 is 15.9 Å². The van der Waals surface area contributed by atoms with Crippen LogP contribution in [0.5, 0.6) is 0 Å². The first-order chi connectivity index (χ1) is 8.88. The minimum atomic E-state index is -3.21. The fraction of sp³-hybridized carbons (Fsp3) is 0.769. The molecule has 1 heterocycles. The van der Waals surface area contributed by atoms with Gasteiger partial charge in [0.15, 0.2) is 0 Å². The van der Waals surface area contributed by atoms with Gasteiger partial charge in [0.1, 0.15) is 0 Å². The minimum absolute atomic E-state index is 0.107. The molecule has 0 bridgehead atoms. The van der Waals surface area contributed by atoms with Gasteiger partial charge in [0.05, 0.1) is 6.26 Å². The molecule has 0 unspecified atom stereocenters. The second-order valence-corrected chi connectivity index (χ2v) is 7.61. The molecule has 1 aliphatic heterocycles. The molecule has 108 valence electrons. The van der Waals surface area contributed by atoms with E-state index in [0.717, 1.165) is 19.3 Å². The zero-order chi connectivity index (χ0) is 14.0. The van der Waals surface area contributed by atoms with E-state index in [1.807, 2.05) is 0 Å². The van der Waals surface area contributed by atoms with Crippen LogP contribution in [-0.4, -0.2) is 44.0 Å². The first-order valence-corrected chi connectivity index (χ1v) is 8.68. The lowest BCUT2D eigenvalue weighted by Gasteiger charge is -2.29. The lowest BCUT2D eigenvalue weighted by atomic mass is 9.86. The van der Waals surface area contributed by atoms with Crippen molar-refractivity contribution in [2.45, 2.75) is 38.6 Å². The summed E-state index contributed by atoms with van der Waals surface area (Å²) in [5.74, 6) is 0.399. The Bertz CT molecular complexity index is 484. The Morgan fingerprint density at radius 3 is 2.63 bits per heavy atom. The van der Waals surface area contributed by atoms with E-state index in [9.17, 15) is 13.2 Å². The highest BCUT2D eigenvalue weighted by Crippen LogP contribution is 2.24. The van der Waals surface area contributed by atoms with Gasteiger partial charge in [-0.2, -0.15) is 4.31 Å². The highest BCUT2D eigenvalue weighted by Gasteiger charge is 2.28. The third-order valence-electron chi connectivity index (χ3n) is 4.08. The van der Waals surface area contributed by atoms with Crippen molar-refractivity contribution in [3.05, 3.63) is 11.6 Å². The van der Waals surface area contributed by atoms with E-state index in [1.165, 1.54) is 17.0 Å². The summed E-state index contributed by atoms with van der Waals surface area (Å²) in [6.07, 6.45) is 7.45. The molecule has 0 radical (unpaired) electrons. The van der Waals surface area contributed by atoms with Gasteiger partial charge in [0.2, 0.25) is 15.9 Å². The van der Waals surface area contributed by atoms with E-state index in [0.29, 0.717) is 18.0 Å². The smallest absolute Gasteiger partial charge is 0.248 e. The summed E-state index contributed by atoms with van der Waals surface area (Å²) >= 11 is 0. The van der Waals surface area contributed by atoms with Crippen LogP contribution in [0.1, 0.15) is 32.6 Å². The van der Waals surface area contributed by atoms with E-state index < -0.39 is 10.0 Å². The van der Waals surface area contributed by atoms with E-state index in [2.05, 4.69) is 12.2 Å². The monoisotopic (exact) mass is 286 g/mol. The molecule has 0 aromatic heterocycles. The zero-order valence-electron chi connectivity index (χ0n) is 11.6. The predicted molar refractivity (Wildman–Crippen MR) is 74.1 cm³/mol. The van der Waals surface area contributed by atoms with Crippen LogP contribution in [0.4, 0.5) is 0 Å². The molecule has 1 fully saturated rings. The minimum Gasteiger partial charge on any atom is -0.349 e. The predicted octanol–water partition coefficient (Wildman–Crippen LogP) is 0.883. The van der Waals surface area contributed by atoms with Crippen LogP contribution in [0.2, 0.25) is 0 Å². The van der Waals surface area contributed by atoms with E-state index in [1.54, 1.807) is 6.08 Å². The Hall–Kier alpha value is -0.880. The first kappa shape index (κ1) is 14.5. The van der Waals surface area contributed by atoms with E-state index in [-0.39, 0.29) is 18.5 Å². The normalized spacial score (nSPS) is 29.1. The number of carbonyl (C=O) groups is 1. The number of nitrogens with one attached hydrogen (secondary N) is 1. The van der Waals surface area contributed by atoms with Crippen LogP contribution >= 0.6 is 0 Å². The fourth-order valence-electron chi connectivity index (χ4n) is 2.74. The van der Waals surface area contributed by atoms with Gasteiger partial charge in [-0.05, 0) is 18.8 Å². The molecular formula is C13H22N2O3S. The summed E-state index contributed by atoms with van der Waals surface area (Å²) < 4.78 is 24.1. The van der Waals surface area contributed by atoms with Gasteiger partial charge < -0.3 is 5.32 Å². The number of amides is 1. The summed E-state index contributed by atoms with van der Waals surface area (Å²) in [4.78, 5) is 12.1. The molecule has 2 aliphatic rings. The van der Waals surface area contributed by atoms with Crippen molar-refractivity contribution < 1.29 is 13.2 Å². The second kappa shape index (κ2) is 5.63. The lowest BCUT2D eigenvalue weighted by Crippen LogP contribution is -2.42. The molecule has 0 spiro atoms. The molecule has 1 saturated carbocycles. The van der Waals surface area contributed by atoms with Gasteiger partial charge in [-0.25, -0.2) is 8.42 Å². The molecule has 6 heteroatoms. The number of hydrogen-bond acceptors (Lipinski definition) is 3. The maximum atomic E-state index is 12.1. The molecule has 5 nitrogen and oxygen atoms in total. The van der Waals surface area contributed by atoms with Gasteiger partial charge in [-0.3, -0.25) is 4.79 Å². The standard InChI is InChI=1S/C13H22N2O3S/c1-10-5-3-4-6-12(10)14-13(16)11-7-8-15(9-11)19(2,17)18/h7,10,12H,3-6,8-9H2,1-2H3,(H,14,16)/t10-,12-/m0/s1. The van der Waals surface area contributed by atoms with Gasteiger partial charge in [0, 0.05) is 24.7 Å². The number of hydrogen-bond donors (Lipinski definition) is 1. The molecule has 1 amide bonds. The number of sulfonamides is 1. The van der Waals surface area contributed by atoms with Crippen molar-refractivity contribution in [3.8, 4) is 0 Å². The highest BCUT2D eigenvalue weighted by atomic mass is 32.2. The van der Waals surface area contributed by atoms with Gasteiger partial charge in [0.25, 0.3) is 0 Å². The van der Waals surface area contributed by atoms with Crippen LogP contribution < -0.4 is 5.32 Å². The van der Waals surface area contributed by atoms with Crippen molar-refractivity contribution in [3.63, 3.8) is 0 Å². The quantitative estimate of drug-likeness (QED) is 0.837. The summed E-state index contributed by atoms with van der Waals surface area (Å²) in [6, 6.07) is 0.231. The number of nitrogens with zero attached hydrogens (tertiary/aromatic N) is 1. The van der Waals surface area contributed by atoms with Crippen molar-refractivity contribution in [1.29, 1.82) is 0 Å². The average Bonchev–Trinajstić information content (AvgIpc) is 2.81. The topological polar surface area (TPSA) is 66.5 Å². The Balaban J connectivity index is 1.91. The average molecular weight is 286 g/mol.